The average molecular weight is 328 g/mol. The van der Waals surface area contributed by atoms with E-state index in [-0.39, 0.29) is 0 Å². The Hall–Kier alpha value is -2.40. The Morgan fingerprint density at radius 2 is 2.13 bits per heavy atom. The van der Waals surface area contributed by atoms with Crippen LogP contribution in [-0.4, -0.2) is 15.8 Å². The summed E-state index contributed by atoms with van der Waals surface area (Å²) in [7, 11) is 0. The molecule has 2 aromatic rings. The standard InChI is InChI=1S/C17H18ClN5/c1-10-3-2-4-12(7-10)16-21-9-13(18)17(23-16)22-15(20)8-14(19)11-5-6-11/h2-4,7-9,11H,5-6,19H2,1H3,(H2,20,21,22,23)/b14-8-. The van der Waals surface area contributed by atoms with Crippen LogP contribution in [0.4, 0.5) is 5.82 Å². The third-order valence-electron chi connectivity index (χ3n) is 3.60. The zero-order valence-corrected chi connectivity index (χ0v) is 13.6. The van der Waals surface area contributed by atoms with Crippen LogP contribution in [0.5, 0.6) is 0 Å². The number of nitrogens with zero attached hydrogens (tertiary/aromatic N) is 3. The first-order chi connectivity index (χ1) is 11.0. The van der Waals surface area contributed by atoms with E-state index in [0.29, 0.717) is 28.4 Å². The second-order valence-electron chi connectivity index (χ2n) is 5.69. The molecule has 0 saturated heterocycles. The summed E-state index contributed by atoms with van der Waals surface area (Å²) >= 11 is 6.13. The maximum Gasteiger partial charge on any atom is 0.176 e. The molecule has 1 aromatic heterocycles. The lowest BCUT2D eigenvalue weighted by atomic mass is 10.1. The van der Waals surface area contributed by atoms with Gasteiger partial charge in [0.2, 0.25) is 0 Å². The van der Waals surface area contributed by atoms with E-state index in [0.717, 1.165) is 29.7 Å². The molecule has 1 aliphatic rings. The SMILES string of the molecule is Cc1cccc(-c2ncc(Cl)c(N=C(N)/C=C(\N)C3CC3)n2)c1. The summed E-state index contributed by atoms with van der Waals surface area (Å²) in [5.41, 5.74) is 14.7. The minimum atomic E-state index is 0.296. The molecule has 0 atom stereocenters. The second-order valence-corrected chi connectivity index (χ2v) is 6.10. The molecule has 4 N–H and O–H groups in total. The van der Waals surface area contributed by atoms with Crippen LogP contribution in [0, 0.1) is 12.8 Å². The van der Waals surface area contributed by atoms with Crippen molar-refractivity contribution in [1.29, 1.82) is 0 Å². The van der Waals surface area contributed by atoms with Crippen molar-refractivity contribution >= 4 is 23.3 Å². The number of aryl methyl sites for hydroxylation is 1. The maximum absolute atomic E-state index is 6.13. The summed E-state index contributed by atoms with van der Waals surface area (Å²) in [5.74, 6) is 1.64. The first kappa shape index (κ1) is 15.5. The number of hydrogen-bond acceptors (Lipinski definition) is 4. The zero-order valence-electron chi connectivity index (χ0n) is 12.8. The molecule has 0 aliphatic heterocycles. The summed E-state index contributed by atoms with van der Waals surface area (Å²) in [6.45, 7) is 2.02. The number of halogens is 1. The fourth-order valence-corrected chi connectivity index (χ4v) is 2.35. The predicted molar refractivity (Wildman–Crippen MR) is 93.5 cm³/mol. The molecule has 1 fully saturated rings. The molecule has 0 radical (unpaired) electrons. The molecule has 0 unspecified atom stereocenters. The molecule has 6 heteroatoms. The summed E-state index contributed by atoms with van der Waals surface area (Å²) in [4.78, 5) is 12.9. The van der Waals surface area contributed by atoms with Gasteiger partial charge < -0.3 is 11.5 Å². The van der Waals surface area contributed by atoms with E-state index in [4.69, 9.17) is 23.1 Å². The van der Waals surface area contributed by atoms with Gasteiger partial charge in [-0.3, -0.25) is 0 Å². The molecule has 3 rings (SSSR count). The van der Waals surface area contributed by atoms with Gasteiger partial charge in [0.15, 0.2) is 11.6 Å². The number of amidine groups is 1. The number of allylic oxidation sites excluding steroid dienone is 1. The van der Waals surface area contributed by atoms with E-state index in [2.05, 4.69) is 15.0 Å². The first-order valence-electron chi connectivity index (χ1n) is 7.44. The van der Waals surface area contributed by atoms with Crippen molar-refractivity contribution in [2.24, 2.45) is 22.4 Å². The van der Waals surface area contributed by atoms with E-state index in [1.807, 2.05) is 31.2 Å². The molecule has 23 heavy (non-hydrogen) atoms. The van der Waals surface area contributed by atoms with Gasteiger partial charge in [0.1, 0.15) is 10.9 Å². The van der Waals surface area contributed by atoms with Gasteiger partial charge in [-0.15, -0.1) is 0 Å². The maximum atomic E-state index is 6.13. The molecule has 0 spiro atoms. The van der Waals surface area contributed by atoms with Crippen molar-refractivity contribution in [2.75, 3.05) is 0 Å². The third-order valence-corrected chi connectivity index (χ3v) is 3.87. The van der Waals surface area contributed by atoms with Gasteiger partial charge in [0.05, 0.1) is 6.20 Å². The lowest BCUT2D eigenvalue weighted by Gasteiger charge is -2.04. The van der Waals surface area contributed by atoms with Crippen molar-refractivity contribution in [1.82, 2.24) is 9.97 Å². The third kappa shape index (κ3) is 3.87. The van der Waals surface area contributed by atoms with Gasteiger partial charge in [0, 0.05) is 11.3 Å². The summed E-state index contributed by atoms with van der Waals surface area (Å²) in [6.07, 6.45) is 5.44. The van der Waals surface area contributed by atoms with Crippen LogP contribution in [0.15, 0.2) is 47.2 Å². The number of rotatable bonds is 4. The quantitative estimate of drug-likeness (QED) is 0.665. The summed E-state index contributed by atoms with van der Waals surface area (Å²) < 4.78 is 0. The molecule has 1 aromatic carbocycles. The van der Waals surface area contributed by atoms with Crippen LogP contribution in [0.25, 0.3) is 11.4 Å². The molecular weight excluding hydrogens is 310 g/mol. The zero-order chi connectivity index (χ0) is 16.4. The molecule has 0 amide bonds. The van der Waals surface area contributed by atoms with Crippen LogP contribution < -0.4 is 11.5 Å². The number of aliphatic imine (C=N–C) groups is 1. The first-order valence-corrected chi connectivity index (χ1v) is 7.81. The topological polar surface area (TPSA) is 90.2 Å². The number of nitrogens with two attached hydrogens (primary N) is 2. The van der Waals surface area contributed by atoms with Crippen molar-refractivity contribution in [3.05, 3.63) is 52.8 Å². The van der Waals surface area contributed by atoms with E-state index < -0.39 is 0 Å². The van der Waals surface area contributed by atoms with Gasteiger partial charge in [-0.2, -0.15) is 0 Å². The Morgan fingerprint density at radius 1 is 1.35 bits per heavy atom. The Kier molecular flexibility index (Phi) is 4.30. The highest BCUT2D eigenvalue weighted by Crippen LogP contribution is 2.33. The highest BCUT2D eigenvalue weighted by atomic mass is 35.5. The lowest BCUT2D eigenvalue weighted by molar-refractivity contribution is 0.982. The summed E-state index contributed by atoms with van der Waals surface area (Å²) in [6, 6.07) is 7.92. The fourth-order valence-electron chi connectivity index (χ4n) is 2.22. The van der Waals surface area contributed by atoms with E-state index >= 15 is 0 Å². The van der Waals surface area contributed by atoms with Crippen LogP contribution in [0.1, 0.15) is 18.4 Å². The monoisotopic (exact) mass is 327 g/mol. The largest absolute Gasteiger partial charge is 0.402 e. The van der Waals surface area contributed by atoms with Gasteiger partial charge in [-0.1, -0.05) is 35.4 Å². The van der Waals surface area contributed by atoms with Crippen LogP contribution in [-0.2, 0) is 0 Å². The minimum Gasteiger partial charge on any atom is -0.402 e. The molecule has 1 saturated carbocycles. The normalized spacial score (nSPS) is 15.7. The van der Waals surface area contributed by atoms with E-state index in [1.165, 1.54) is 6.20 Å². The Balaban J connectivity index is 1.93. The average Bonchev–Trinajstić information content (AvgIpc) is 3.34. The molecule has 1 aliphatic carbocycles. The fraction of sp³-hybridized carbons (Fsp3) is 0.235. The molecule has 0 bridgehead atoms. The van der Waals surface area contributed by atoms with Crippen LogP contribution in [0.2, 0.25) is 5.02 Å². The van der Waals surface area contributed by atoms with Crippen LogP contribution in [0.3, 0.4) is 0 Å². The number of hydrogen-bond donors (Lipinski definition) is 2. The second kappa shape index (κ2) is 6.38. The number of benzene rings is 1. The predicted octanol–water partition coefficient (Wildman–Crippen LogP) is 3.35. The van der Waals surface area contributed by atoms with Crippen molar-refractivity contribution in [3.63, 3.8) is 0 Å². The molecule has 118 valence electrons. The van der Waals surface area contributed by atoms with Gasteiger partial charge in [-0.05, 0) is 37.8 Å². The highest BCUT2D eigenvalue weighted by molar-refractivity contribution is 6.32. The van der Waals surface area contributed by atoms with Gasteiger partial charge >= 0.3 is 0 Å². The Bertz CT molecular complexity index is 793. The van der Waals surface area contributed by atoms with Crippen molar-refractivity contribution in [2.45, 2.75) is 19.8 Å². The highest BCUT2D eigenvalue weighted by Gasteiger charge is 2.24. The Morgan fingerprint density at radius 3 is 2.83 bits per heavy atom. The smallest absolute Gasteiger partial charge is 0.176 e. The minimum absolute atomic E-state index is 0.296. The van der Waals surface area contributed by atoms with E-state index in [9.17, 15) is 0 Å². The lowest BCUT2D eigenvalue weighted by Crippen LogP contribution is -2.12. The van der Waals surface area contributed by atoms with Crippen molar-refractivity contribution < 1.29 is 0 Å². The number of aromatic nitrogens is 2. The molecule has 1 heterocycles. The van der Waals surface area contributed by atoms with Crippen molar-refractivity contribution in [3.8, 4) is 11.4 Å². The molecule has 5 nitrogen and oxygen atoms in total. The summed E-state index contributed by atoms with van der Waals surface area (Å²) in [5, 5.41) is 0.350. The molecular formula is C17H18ClN5. The van der Waals surface area contributed by atoms with Crippen LogP contribution >= 0.6 is 11.6 Å². The van der Waals surface area contributed by atoms with E-state index in [1.54, 1.807) is 6.08 Å². The van der Waals surface area contributed by atoms with Gasteiger partial charge in [-0.25, -0.2) is 15.0 Å². The van der Waals surface area contributed by atoms with Gasteiger partial charge in [0.25, 0.3) is 0 Å². The Labute approximate surface area is 140 Å².